The summed E-state index contributed by atoms with van der Waals surface area (Å²) in [6, 6.07) is 12.9. The topological polar surface area (TPSA) is 212 Å². The molecule has 0 bridgehead atoms. The van der Waals surface area contributed by atoms with Gasteiger partial charge < -0.3 is 30.4 Å². The van der Waals surface area contributed by atoms with Gasteiger partial charge in [0.05, 0.1) is 44.7 Å². The quantitative estimate of drug-likeness (QED) is 0.203. The normalized spacial score (nSPS) is 23.3. The Balaban J connectivity index is 1.34. The lowest BCUT2D eigenvalue weighted by molar-refractivity contribution is -0.202. The Labute approximate surface area is 288 Å². The van der Waals surface area contributed by atoms with Crippen molar-refractivity contribution in [3.8, 4) is 11.1 Å². The highest BCUT2D eigenvalue weighted by Gasteiger charge is 2.50. The molecule has 1 aliphatic carbocycles. The lowest BCUT2D eigenvalue weighted by Crippen LogP contribution is -2.56. The largest absolute Gasteiger partial charge is 0.480 e. The number of hydrogen-bond acceptors (Lipinski definition) is 12. The second kappa shape index (κ2) is 16.5. The van der Waals surface area contributed by atoms with Gasteiger partial charge in [0.15, 0.2) is 6.04 Å². The van der Waals surface area contributed by atoms with Gasteiger partial charge in [-0.3, -0.25) is 43.6 Å². The molecule has 2 heterocycles. The van der Waals surface area contributed by atoms with E-state index in [9.17, 15) is 49.5 Å². The molecule has 2 aliphatic heterocycles. The first-order valence-corrected chi connectivity index (χ1v) is 16.5. The van der Waals surface area contributed by atoms with Crippen molar-refractivity contribution in [3.63, 3.8) is 0 Å². The van der Waals surface area contributed by atoms with Crippen LogP contribution in [0, 0.1) is 0 Å². The van der Waals surface area contributed by atoms with Gasteiger partial charge in [-0.2, -0.15) is 0 Å². The number of carbonyl (C=O) groups is 5. The number of β-amino-alcohol motifs (C(OH)–C–C–N with tert-alkyl or cyclic N) is 1. The maximum Gasteiger partial charge on any atom is 0.326 e. The van der Waals surface area contributed by atoms with Gasteiger partial charge in [-0.1, -0.05) is 48.5 Å². The number of rotatable bonds is 11. The summed E-state index contributed by atoms with van der Waals surface area (Å²) in [5.74, 6) is -5.58. The van der Waals surface area contributed by atoms with E-state index in [1.54, 1.807) is 19.6 Å². The Kier molecular flexibility index (Phi) is 12.2. The van der Waals surface area contributed by atoms with Crippen LogP contribution in [0.1, 0.15) is 23.5 Å². The molecular formula is C34H43N5O11. The number of benzene rings is 2. The number of fused-ring (bicyclic) bond motifs is 3. The number of nitrogens with zero attached hydrogens (tertiary/aromatic N) is 5. The van der Waals surface area contributed by atoms with Crippen molar-refractivity contribution in [1.29, 1.82) is 0 Å². The Morgan fingerprint density at radius 1 is 0.640 bits per heavy atom. The molecule has 16 nitrogen and oxygen atoms in total. The highest BCUT2D eigenvalue weighted by atomic mass is 16.7. The summed E-state index contributed by atoms with van der Waals surface area (Å²) in [6.07, 6.45) is -1.34. The van der Waals surface area contributed by atoms with E-state index < -0.39 is 48.0 Å². The summed E-state index contributed by atoms with van der Waals surface area (Å²) in [5, 5.41) is 51.2. The molecule has 2 aromatic rings. The second-order valence-corrected chi connectivity index (χ2v) is 12.9. The van der Waals surface area contributed by atoms with E-state index in [2.05, 4.69) is 0 Å². The van der Waals surface area contributed by atoms with Crippen molar-refractivity contribution in [2.45, 2.75) is 30.5 Å². The zero-order valence-electron chi connectivity index (χ0n) is 27.5. The minimum atomic E-state index is -1.48. The van der Waals surface area contributed by atoms with Gasteiger partial charge in [0.25, 0.3) is 0 Å². The number of carboxylic acids is 4. The third-order valence-electron chi connectivity index (χ3n) is 9.57. The number of aliphatic hydroxyl groups is 1. The lowest BCUT2D eigenvalue weighted by Gasteiger charge is -2.37. The number of aliphatic carboxylic acids is 4. The van der Waals surface area contributed by atoms with Crippen LogP contribution in [0.3, 0.4) is 0 Å². The van der Waals surface area contributed by atoms with Gasteiger partial charge in [0.2, 0.25) is 0 Å². The molecule has 3 aliphatic rings. The van der Waals surface area contributed by atoms with Gasteiger partial charge >= 0.3 is 29.8 Å². The molecule has 3 atom stereocenters. The molecule has 0 unspecified atom stereocenters. The highest BCUT2D eigenvalue weighted by Crippen LogP contribution is 2.46. The van der Waals surface area contributed by atoms with Crippen molar-refractivity contribution >= 4 is 29.8 Å². The lowest BCUT2D eigenvalue weighted by atomic mass is 9.94. The Morgan fingerprint density at radius 3 is 1.48 bits per heavy atom. The van der Waals surface area contributed by atoms with E-state index in [4.69, 9.17) is 4.84 Å². The number of carboxylic acid groups (broad SMARTS) is 4. The molecule has 16 heteroatoms. The van der Waals surface area contributed by atoms with Crippen LogP contribution in [-0.2, 0) is 28.8 Å². The Morgan fingerprint density at radius 2 is 1.06 bits per heavy atom. The van der Waals surface area contributed by atoms with Crippen LogP contribution in [0.4, 0.5) is 0 Å². The molecule has 2 saturated heterocycles. The van der Waals surface area contributed by atoms with Gasteiger partial charge in [-0.15, -0.1) is 5.06 Å². The minimum absolute atomic E-state index is 0.0610. The van der Waals surface area contributed by atoms with Crippen LogP contribution in [0.5, 0.6) is 0 Å². The fraction of sp³-hybridized carbons (Fsp3) is 0.500. The first-order valence-electron chi connectivity index (χ1n) is 16.5. The SMILES string of the molecule is O=C(O)CN1CCN(CC(=O)O)CCN([C@H]2[C@@H](C(=O)O)N(OC(=O)CC3c4ccccc4-c4ccccc43)C[C@@H]2O)CCN(CC(=O)O)CC1. The summed E-state index contributed by atoms with van der Waals surface area (Å²) in [6.45, 7) is -0.109. The summed E-state index contributed by atoms with van der Waals surface area (Å²) in [7, 11) is 0. The van der Waals surface area contributed by atoms with Crippen LogP contribution < -0.4 is 0 Å². The van der Waals surface area contributed by atoms with Crippen molar-refractivity contribution in [1.82, 2.24) is 24.7 Å². The van der Waals surface area contributed by atoms with Crippen LogP contribution in [0.15, 0.2) is 48.5 Å². The van der Waals surface area contributed by atoms with E-state index in [0.29, 0.717) is 0 Å². The summed E-state index contributed by atoms with van der Waals surface area (Å²) >= 11 is 0. The highest BCUT2D eigenvalue weighted by molar-refractivity contribution is 5.82. The van der Waals surface area contributed by atoms with E-state index in [0.717, 1.165) is 27.3 Å². The van der Waals surface area contributed by atoms with Gasteiger partial charge in [0.1, 0.15) is 0 Å². The molecule has 2 aromatic carbocycles. The van der Waals surface area contributed by atoms with Crippen LogP contribution in [-0.4, -0.2) is 177 Å². The smallest absolute Gasteiger partial charge is 0.326 e. The van der Waals surface area contributed by atoms with Crippen molar-refractivity contribution in [2.24, 2.45) is 0 Å². The molecule has 0 radical (unpaired) electrons. The molecule has 0 spiro atoms. The number of carbonyl (C=O) groups excluding carboxylic acids is 1. The molecule has 2 fully saturated rings. The van der Waals surface area contributed by atoms with Crippen molar-refractivity contribution in [3.05, 3.63) is 59.7 Å². The molecule has 50 heavy (non-hydrogen) atoms. The number of hydroxylamine groups is 2. The third-order valence-corrected chi connectivity index (χ3v) is 9.57. The first kappa shape index (κ1) is 36.8. The molecule has 0 saturated carbocycles. The van der Waals surface area contributed by atoms with E-state index >= 15 is 0 Å². The standard InChI is InChI=1S/C34H43N5O11/c40-27-18-39(50-31(47)17-26-24-7-3-1-5-22(24)23-6-2-4-8-25(23)26)33(34(48)49)32(27)38-15-13-36(20-29(43)44)11-9-35(19-28(41)42)10-12-37(14-16-38)21-30(45)46/h1-8,26-27,32-33,40H,9-21H2,(H,41,42)(H,43,44)(H,45,46)(H,48,49)/t27-,32+,33-/m0/s1. The number of hydrogen-bond donors (Lipinski definition) is 5. The monoisotopic (exact) mass is 697 g/mol. The minimum Gasteiger partial charge on any atom is -0.480 e. The van der Waals surface area contributed by atoms with Gasteiger partial charge in [-0.25, -0.2) is 0 Å². The molecule has 270 valence electrons. The van der Waals surface area contributed by atoms with E-state index in [1.165, 1.54) is 0 Å². The predicted octanol–water partition coefficient (Wildman–Crippen LogP) is -0.379. The molecular weight excluding hydrogens is 654 g/mol. The fourth-order valence-electron chi connectivity index (χ4n) is 7.31. The maximum absolute atomic E-state index is 13.5. The zero-order valence-corrected chi connectivity index (χ0v) is 27.5. The number of aliphatic hydroxyl groups excluding tert-OH is 1. The zero-order chi connectivity index (χ0) is 35.9. The van der Waals surface area contributed by atoms with Crippen LogP contribution in [0.2, 0.25) is 0 Å². The average molecular weight is 698 g/mol. The molecule has 5 rings (SSSR count). The average Bonchev–Trinajstić information content (AvgIpc) is 3.54. The summed E-state index contributed by atoms with van der Waals surface area (Å²) in [4.78, 5) is 73.3. The summed E-state index contributed by atoms with van der Waals surface area (Å²) in [5.41, 5.74) is 3.95. The fourth-order valence-corrected chi connectivity index (χ4v) is 7.31. The Bertz CT molecular complexity index is 1500. The molecule has 0 amide bonds. The first-order chi connectivity index (χ1) is 23.9. The second-order valence-electron chi connectivity index (χ2n) is 12.9. The van der Waals surface area contributed by atoms with Crippen LogP contribution >= 0.6 is 0 Å². The molecule has 0 aromatic heterocycles. The Hall–Kier alpha value is -4.45. The van der Waals surface area contributed by atoms with Crippen molar-refractivity contribution in [2.75, 3.05) is 78.5 Å². The van der Waals surface area contributed by atoms with E-state index in [1.807, 2.05) is 48.5 Å². The van der Waals surface area contributed by atoms with Crippen molar-refractivity contribution < 1.29 is 54.3 Å². The predicted molar refractivity (Wildman–Crippen MR) is 176 cm³/mol. The molecule has 5 N–H and O–H groups in total. The maximum atomic E-state index is 13.5. The van der Waals surface area contributed by atoms with Gasteiger partial charge in [0, 0.05) is 58.3 Å². The third kappa shape index (κ3) is 9.01. The van der Waals surface area contributed by atoms with Crippen LogP contribution in [0.25, 0.3) is 11.1 Å². The van der Waals surface area contributed by atoms with E-state index in [-0.39, 0.29) is 90.9 Å². The summed E-state index contributed by atoms with van der Waals surface area (Å²) < 4.78 is 0. The van der Waals surface area contributed by atoms with Gasteiger partial charge in [-0.05, 0) is 22.3 Å².